The van der Waals surface area contributed by atoms with Crippen LogP contribution in [-0.2, 0) is 6.18 Å². The van der Waals surface area contributed by atoms with E-state index in [1.807, 2.05) is 32.0 Å². The van der Waals surface area contributed by atoms with Gasteiger partial charge in [0.05, 0.1) is 5.02 Å². The first-order chi connectivity index (χ1) is 13.8. The first-order valence-electron chi connectivity index (χ1n) is 8.79. The van der Waals surface area contributed by atoms with Crippen LogP contribution in [0.3, 0.4) is 0 Å². The predicted molar refractivity (Wildman–Crippen MR) is 108 cm³/mol. The highest BCUT2D eigenvalue weighted by atomic mass is 35.5. The molecule has 0 fully saturated rings. The normalized spacial score (nSPS) is 11.8. The zero-order valence-corrected chi connectivity index (χ0v) is 16.3. The van der Waals surface area contributed by atoms with Gasteiger partial charge in [-0.15, -0.1) is 0 Å². The minimum atomic E-state index is -4.56. The number of halogens is 4. The number of hydrogen-bond acceptors (Lipinski definition) is 3. The molecule has 0 aliphatic heterocycles. The molecule has 8 heteroatoms. The number of rotatable bonds is 3. The maximum atomic E-state index is 13.8. The van der Waals surface area contributed by atoms with Crippen LogP contribution in [0.25, 0.3) is 16.9 Å². The van der Waals surface area contributed by atoms with Gasteiger partial charge in [-0.3, -0.25) is 9.38 Å². The number of nitrogens with one attached hydrogen (secondary N) is 1. The first-order valence-corrected chi connectivity index (χ1v) is 9.17. The van der Waals surface area contributed by atoms with Crippen molar-refractivity contribution in [2.24, 2.45) is 0 Å². The molecule has 0 atom stereocenters. The van der Waals surface area contributed by atoms with Crippen LogP contribution in [0.5, 0.6) is 0 Å². The van der Waals surface area contributed by atoms with E-state index >= 15 is 0 Å². The molecule has 1 aromatic carbocycles. The van der Waals surface area contributed by atoms with Crippen LogP contribution < -0.4 is 5.32 Å². The molecule has 0 aliphatic carbocycles. The maximum absolute atomic E-state index is 13.8. The summed E-state index contributed by atoms with van der Waals surface area (Å²) in [5, 5.41) is 3.49. The Labute approximate surface area is 170 Å². The zero-order chi connectivity index (χ0) is 20.8. The molecule has 0 spiro atoms. The molecule has 3 heterocycles. The Morgan fingerprint density at radius 3 is 2.34 bits per heavy atom. The van der Waals surface area contributed by atoms with Crippen molar-refractivity contribution in [1.29, 1.82) is 0 Å². The van der Waals surface area contributed by atoms with Crippen LogP contribution >= 0.6 is 11.6 Å². The second-order valence-electron chi connectivity index (χ2n) is 6.66. The summed E-state index contributed by atoms with van der Waals surface area (Å²) in [7, 11) is 0. The monoisotopic (exact) mass is 416 g/mol. The number of fused-ring (bicyclic) bond motifs is 1. The standard InChI is InChI=1S/C21H16ClF3N4/c1-12-5-3-6-13(2)18(12)28-20-19(14-9-10-26-11-15(14)22)27-17-8-4-7-16(29(17)20)21(23,24)25/h3-11,28H,1-2H3. The van der Waals surface area contributed by atoms with E-state index in [9.17, 15) is 13.2 Å². The van der Waals surface area contributed by atoms with Gasteiger partial charge in [-0.2, -0.15) is 13.2 Å². The maximum Gasteiger partial charge on any atom is 0.431 e. The molecule has 4 nitrogen and oxygen atoms in total. The van der Waals surface area contributed by atoms with Crippen LogP contribution in [0.2, 0.25) is 5.02 Å². The fourth-order valence-corrected chi connectivity index (χ4v) is 3.52. The van der Waals surface area contributed by atoms with Crippen molar-refractivity contribution in [3.63, 3.8) is 0 Å². The molecular weight excluding hydrogens is 401 g/mol. The Morgan fingerprint density at radius 1 is 1.00 bits per heavy atom. The number of aryl methyl sites for hydroxylation is 2. The molecule has 0 bridgehead atoms. The SMILES string of the molecule is Cc1cccc(C)c1Nc1c(-c2ccncc2Cl)nc2cccc(C(F)(F)F)n12. The molecule has 0 aliphatic rings. The van der Waals surface area contributed by atoms with Gasteiger partial charge in [0.15, 0.2) is 0 Å². The molecule has 3 aromatic heterocycles. The largest absolute Gasteiger partial charge is 0.431 e. The molecule has 0 amide bonds. The highest BCUT2D eigenvalue weighted by Crippen LogP contribution is 2.39. The third kappa shape index (κ3) is 3.42. The van der Waals surface area contributed by atoms with E-state index in [0.717, 1.165) is 27.3 Å². The Morgan fingerprint density at radius 2 is 1.69 bits per heavy atom. The summed E-state index contributed by atoms with van der Waals surface area (Å²) in [6, 6.07) is 11.2. The van der Waals surface area contributed by atoms with E-state index in [2.05, 4.69) is 15.3 Å². The molecule has 4 rings (SSSR count). The van der Waals surface area contributed by atoms with Crippen LogP contribution in [0.15, 0.2) is 54.9 Å². The van der Waals surface area contributed by atoms with Gasteiger partial charge in [0.1, 0.15) is 22.9 Å². The summed E-state index contributed by atoms with van der Waals surface area (Å²) in [5.41, 5.74) is 2.67. The number of aromatic nitrogens is 3. The van der Waals surface area contributed by atoms with E-state index in [1.165, 1.54) is 24.5 Å². The predicted octanol–water partition coefficient (Wildman–Crippen LogP) is 6.43. The minimum absolute atomic E-state index is 0.163. The summed E-state index contributed by atoms with van der Waals surface area (Å²) in [5.74, 6) is 0.193. The summed E-state index contributed by atoms with van der Waals surface area (Å²) in [4.78, 5) is 8.42. The average Bonchev–Trinajstić information content (AvgIpc) is 3.02. The van der Waals surface area contributed by atoms with Crippen molar-refractivity contribution in [2.75, 3.05) is 5.32 Å². The molecule has 0 radical (unpaired) electrons. The average molecular weight is 417 g/mol. The van der Waals surface area contributed by atoms with E-state index in [-0.39, 0.29) is 11.5 Å². The lowest BCUT2D eigenvalue weighted by atomic mass is 10.1. The Kier molecular flexibility index (Phi) is 4.70. The van der Waals surface area contributed by atoms with Gasteiger partial charge in [0.2, 0.25) is 0 Å². The summed E-state index contributed by atoms with van der Waals surface area (Å²) in [6.07, 6.45) is -1.59. The van der Waals surface area contributed by atoms with E-state index in [0.29, 0.717) is 16.3 Å². The highest BCUT2D eigenvalue weighted by molar-refractivity contribution is 6.33. The summed E-state index contributed by atoms with van der Waals surface area (Å²) < 4.78 is 42.4. The number of imidazole rings is 1. The topological polar surface area (TPSA) is 42.2 Å². The summed E-state index contributed by atoms with van der Waals surface area (Å²) in [6.45, 7) is 3.78. The molecule has 0 saturated heterocycles. The van der Waals surface area contributed by atoms with Crippen molar-refractivity contribution in [3.8, 4) is 11.3 Å². The van der Waals surface area contributed by atoms with Crippen LogP contribution in [0, 0.1) is 13.8 Å². The van der Waals surface area contributed by atoms with Crippen molar-refractivity contribution >= 4 is 28.8 Å². The van der Waals surface area contributed by atoms with Crippen LogP contribution in [0.4, 0.5) is 24.7 Å². The van der Waals surface area contributed by atoms with E-state index in [4.69, 9.17) is 11.6 Å². The van der Waals surface area contributed by atoms with Crippen molar-refractivity contribution in [2.45, 2.75) is 20.0 Å². The lowest BCUT2D eigenvalue weighted by molar-refractivity contribution is -0.141. The van der Waals surface area contributed by atoms with Gasteiger partial charge in [0, 0.05) is 23.6 Å². The Bertz CT molecular complexity index is 1190. The van der Waals surface area contributed by atoms with Crippen molar-refractivity contribution in [3.05, 3.63) is 76.7 Å². The van der Waals surface area contributed by atoms with Gasteiger partial charge in [-0.1, -0.05) is 35.9 Å². The van der Waals surface area contributed by atoms with E-state index in [1.54, 1.807) is 6.07 Å². The Hall–Kier alpha value is -3.06. The van der Waals surface area contributed by atoms with Gasteiger partial charge >= 0.3 is 6.18 Å². The molecule has 29 heavy (non-hydrogen) atoms. The zero-order valence-electron chi connectivity index (χ0n) is 15.5. The number of para-hydroxylation sites is 1. The minimum Gasteiger partial charge on any atom is -0.339 e. The second-order valence-corrected chi connectivity index (χ2v) is 7.07. The molecule has 4 aromatic rings. The quantitative estimate of drug-likeness (QED) is 0.418. The van der Waals surface area contributed by atoms with Gasteiger partial charge in [-0.25, -0.2) is 4.98 Å². The van der Waals surface area contributed by atoms with Crippen LogP contribution in [0.1, 0.15) is 16.8 Å². The smallest absolute Gasteiger partial charge is 0.339 e. The third-order valence-electron chi connectivity index (χ3n) is 4.69. The Balaban J connectivity index is 2.06. The fraction of sp³-hybridized carbons (Fsp3) is 0.143. The third-order valence-corrected chi connectivity index (χ3v) is 4.99. The second kappa shape index (κ2) is 7.08. The molecule has 0 saturated carbocycles. The van der Waals surface area contributed by atoms with Crippen LogP contribution in [-0.4, -0.2) is 14.4 Å². The van der Waals surface area contributed by atoms with E-state index < -0.39 is 11.9 Å². The first kappa shape index (κ1) is 19.3. The lowest BCUT2D eigenvalue weighted by Crippen LogP contribution is -2.13. The lowest BCUT2D eigenvalue weighted by Gasteiger charge is -2.17. The van der Waals surface area contributed by atoms with Gasteiger partial charge in [0.25, 0.3) is 0 Å². The number of benzene rings is 1. The van der Waals surface area contributed by atoms with Gasteiger partial charge < -0.3 is 5.32 Å². The fourth-order valence-electron chi connectivity index (χ4n) is 3.31. The number of hydrogen-bond donors (Lipinski definition) is 1. The number of nitrogens with zero attached hydrogens (tertiary/aromatic N) is 3. The van der Waals surface area contributed by atoms with Gasteiger partial charge in [-0.05, 0) is 43.2 Å². The highest BCUT2D eigenvalue weighted by Gasteiger charge is 2.35. The molecule has 0 unspecified atom stereocenters. The van der Waals surface area contributed by atoms with Crippen molar-refractivity contribution < 1.29 is 13.2 Å². The molecule has 1 N–H and O–H groups in total. The molecule has 148 valence electrons. The molecular formula is C21H16ClF3N4. The number of anilines is 2. The number of alkyl halides is 3. The van der Waals surface area contributed by atoms with Crippen molar-refractivity contribution in [1.82, 2.24) is 14.4 Å². The summed E-state index contributed by atoms with van der Waals surface area (Å²) >= 11 is 6.29. The number of pyridine rings is 2.